The predicted molar refractivity (Wildman–Crippen MR) is 71.8 cm³/mol. The van der Waals surface area contributed by atoms with Gasteiger partial charge in [0.15, 0.2) is 0 Å². The molecule has 0 aliphatic rings. The molecule has 100 valence electrons. The summed E-state index contributed by atoms with van der Waals surface area (Å²) in [7, 11) is 1.68. The van der Waals surface area contributed by atoms with Gasteiger partial charge in [-0.05, 0) is 25.5 Å². The van der Waals surface area contributed by atoms with Gasteiger partial charge in [-0.15, -0.1) is 0 Å². The Morgan fingerprint density at radius 3 is 2.89 bits per heavy atom. The van der Waals surface area contributed by atoms with Crippen LogP contribution < -0.4 is 10.6 Å². The Morgan fingerprint density at radius 2 is 2.28 bits per heavy atom. The van der Waals surface area contributed by atoms with Crippen LogP contribution in [0.3, 0.4) is 0 Å². The number of carbonyl (C=O) groups excluding carboxylic acids is 1. The van der Waals surface area contributed by atoms with Crippen LogP contribution in [-0.2, 0) is 4.74 Å². The Hall–Kier alpha value is -1.62. The van der Waals surface area contributed by atoms with E-state index in [1.807, 2.05) is 13.0 Å². The average Bonchev–Trinajstić information content (AvgIpc) is 2.39. The molecule has 1 amide bonds. The van der Waals surface area contributed by atoms with E-state index in [-0.39, 0.29) is 11.9 Å². The minimum atomic E-state index is -0.152. The fourth-order valence-electron chi connectivity index (χ4n) is 1.59. The molecule has 0 radical (unpaired) electrons. The maximum Gasteiger partial charge on any atom is 0.269 e. The van der Waals surface area contributed by atoms with Crippen molar-refractivity contribution in [2.24, 2.45) is 0 Å². The molecule has 0 aromatic carbocycles. The Morgan fingerprint density at radius 1 is 1.50 bits per heavy atom. The Labute approximate surface area is 108 Å². The van der Waals surface area contributed by atoms with Crippen LogP contribution in [-0.4, -0.2) is 37.2 Å². The van der Waals surface area contributed by atoms with E-state index in [1.54, 1.807) is 19.4 Å². The van der Waals surface area contributed by atoms with E-state index in [2.05, 4.69) is 22.5 Å². The number of hydrogen-bond donors (Lipinski definition) is 2. The van der Waals surface area contributed by atoms with E-state index < -0.39 is 0 Å². The largest absolute Gasteiger partial charge is 0.383 e. The number of amides is 1. The van der Waals surface area contributed by atoms with Gasteiger partial charge < -0.3 is 15.4 Å². The van der Waals surface area contributed by atoms with Gasteiger partial charge in [-0.25, -0.2) is 0 Å². The van der Waals surface area contributed by atoms with Gasteiger partial charge in [-0.2, -0.15) is 0 Å². The second-order valence-electron chi connectivity index (χ2n) is 3.99. The molecule has 18 heavy (non-hydrogen) atoms. The van der Waals surface area contributed by atoms with E-state index in [0.717, 1.165) is 12.1 Å². The van der Waals surface area contributed by atoms with Crippen LogP contribution in [0.5, 0.6) is 0 Å². The monoisotopic (exact) mass is 251 g/mol. The summed E-state index contributed by atoms with van der Waals surface area (Å²) in [4.78, 5) is 15.7. The molecule has 0 aliphatic heterocycles. The molecule has 1 heterocycles. The molecule has 1 rings (SSSR count). The summed E-state index contributed by atoms with van der Waals surface area (Å²) in [6.45, 7) is 5.20. The summed E-state index contributed by atoms with van der Waals surface area (Å²) < 4.78 is 5.13. The third-order valence-corrected chi connectivity index (χ3v) is 2.56. The third-order valence-electron chi connectivity index (χ3n) is 2.56. The Bertz CT molecular complexity index is 382. The van der Waals surface area contributed by atoms with Crippen molar-refractivity contribution in [1.29, 1.82) is 0 Å². The molecular formula is C13H21N3O2. The molecule has 1 atom stereocenters. The van der Waals surface area contributed by atoms with Crippen molar-refractivity contribution >= 4 is 11.6 Å². The van der Waals surface area contributed by atoms with E-state index in [4.69, 9.17) is 4.74 Å². The quantitative estimate of drug-likeness (QED) is 0.773. The highest BCUT2D eigenvalue weighted by atomic mass is 16.5. The number of nitrogens with zero attached hydrogens (tertiary/aromatic N) is 1. The highest BCUT2D eigenvalue weighted by Crippen LogP contribution is 2.11. The minimum Gasteiger partial charge on any atom is -0.383 e. The number of nitrogens with one attached hydrogen (secondary N) is 2. The lowest BCUT2D eigenvalue weighted by atomic mass is 10.2. The first-order chi connectivity index (χ1) is 8.71. The third kappa shape index (κ3) is 4.33. The van der Waals surface area contributed by atoms with Crippen molar-refractivity contribution in [2.45, 2.75) is 26.3 Å². The number of methoxy groups -OCH3 is 1. The molecule has 2 N–H and O–H groups in total. The summed E-state index contributed by atoms with van der Waals surface area (Å²) in [5.74, 6) is -0.152. The van der Waals surface area contributed by atoms with Crippen molar-refractivity contribution in [3.8, 4) is 0 Å². The topological polar surface area (TPSA) is 63.2 Å². The van der Waals surface area contributed by atoms with Crippen molar-refractivity contribution < 1.29 is 9.53 Å². The number of pyridine rings is 1. The second kappa shape index (κ2) is 7.66. The SMILES string of the molecule is CCNC(=O)c1cc(NC(CC)COC)ccn1. The van der Waals surface area contributed by atoms with Gasteiger partial charge in [-0.1, -0.05) is 6.92 Å². The van der Waals surface area contributed by atoms with E-state index in [0.29, 0.717) is 18.8 Å². The highest BCUT2D eigenvalue weighted by molar-refractivity contribution is 5.93. The van der Waals surface area contributed by atoms with Crippen LogP contribution in [0.15, 0.2) is 18.3 Å². The number of hydrogen-bond acceptors (Lipinski definition) is 4. The molecule has 5 nitrogen and oxygen atoms in total. The molecule has 1 unspecified atom stereocenters. The average molecular weight is 251 g/mol. The van der Waals surface area contributed by atoms with Crippen LogP contribution in [0.1, 0.15) is 30.8 Å². The van der Waals surface area contributed by atoms with E-state index >= 15 is 0 Å². The zero-order valence-electron chi connectivity index (χ0n) is 11.2. The molecule has 0 saturated carbocycles. The number of rotatable bonds is 7. The lowest BCUT2D eigenvalue weighted by Gasteiger charge is -2.17. The molecule has 5 heteroatoms. The Kier molecular flexibility index (Phi) is 6.14. The van der Waals surface area contributed by atoms with Gasteiger partial charge in [0.2, 0.25) is 0 Å². The normalized spacial score (nSPS) is 11.9. The van der Waals surface area contributed by atoms with Gasteiger partial charge in [0, 0.05) is 31.6 Å². The van der Waals surface area contributed by atoms with Gasteiger partial charge in [0.25, 0.3) is 5.91 Å². The lowest BCUT2D eigenvalue weighted by molar-refractivity contribution is 0.0951. The lowest BCUT2D eigenvalue weighted by Crippen LogP contribution is -2.26. The van der Waals surface area contributed by atoms with Gasteiger partial charge in [-0.3, -0.25) is 9.78 Å². The summed E-state index contributed by atoms with van der Waals surface area (Å²) in [5, 5.41) is 6.05. The first-order valence-corrected chi connectivity index (χ1v) is 6.21. The second-order valence-corrected chi connectivity index (χ2v) is 3.99. The number of carbonyl (C=O) groups is 1. The molecular weight excluding hydrogens is 230 g/mol. The molecule has 0 spiro atoms. The number of anilines is 1. The van der Waals surface area contributed by atoms with E-state index in [1.165, 1.54) is 0 Å². The summed E-state index contributed by atoms with van der Waals surface area (Å²) in [6, 6.07) is 3.84. The standard InChI is InChI=1S/C13H21N3O2/c1-4-10(9-18-3)16-11-6-7-15-12(8-11)13(17)14-5-2/h6-8,10H,4-5,9H2,1-3H3,(H,14,17)(H,15,16). The minimum absolute atomic E-state index is 0.152. The summed E-state index contributed by atoms with van der Waals surface area (Å²) >= 11 is 0. The van der Waals surface area contributed by atoms with Crippen LogP contribution >= 0.6 is 0 Å². The molecule has 0 bridgehead atoms. The summed E-state index contributed by atoms with van der Waals surface area (Å²) in [5.41, 5.74) is 1.31. The van der Waals surface area contributed by atoms with Crippen LogP contribution in [0.2, 0.25) is 0 Å². The first kappa shape index (κ1) is 14.4. The summed E-state index contributed by atoms with van der Waals surface area (Å²) in [6.07, 6.45) is 2.58. The van der Waals surface area contributed by atoms with Crippen LogP contribution in [0.25, 0.3) is 0 Å². The molecule has 1 aromatic heterocycles. The van der Waals surface area contributed by atoms with Crippen molar-refractivity contribution in [3.63, 3.8) is 0 Å². The van der Waals surface area contributed by atoms with Crippen LogP contribution in [0.4, 0.5) is 5.69 Å². The highest BCUT2D eigenvalue weighted by Gasteiger charge is 2.09. The fourth-order valence-corrected chi connectivity index (χ4v) is 1.59. The zero-order valence-corrected chi connectivity index (χ0v) is 11.2. The molecule has 0 fully saturated rings. The molecule has 0 saturated heterocycles. The zero-order chi connectivity index (χ0) is 13.4. The fraction of sp³-hybridized carbons (Fsp3) is 0.538. The van der Waals surface area contributed by atoms with Gasteiger partial charge in [0.1, 0.15) is 5.69 Å². The smallest absolute Gasteiger partial charge is 0.269 e. The van der Waals surface area contributed by atoms with Crippen molar-refractivity contribution in [3.05, 3.63) is 24.0 Å². The van der Waals surface area contributed by atoms with Gasteiger partial charge in [0.05, 0.1) is 6.61 Å². The van der Waals surface area contributed by atoms with Crippen molar-refractivity contribution in [2.75, 3.05) is 25.6 Å². The molecule has 0 aliphatic carbocycles. The maximum absolute atomic E-state index is 11.7. The van der Waals surface area contributed by atoms with Crippen LogP contribution in [0, 0.1) is 0 Å². The van der Waals surface area contributed by atoms with Crippen molar-refractivity contribution in [1.82, 2.24) is 10.3 Å². The predicted octanol–water partition coefficient (Wildman–Crippen LogP) is 1.67. The number of aromatic nitrogens is 1. The first-order valence-electron chi connectivity index (χ1n) is 6.21. The molecule has 1 aromatic rings. The number of ether oxygens (including phenoxy) is 1. The maximum atomic E-state index is 11.7. The Balaban J connectivity index is 2.72. The van der Waals surface area contributed by atoms with E-state index in [9.17, 15) is 4.79 Å². The van der Waals surface area contributed by atoms with Gasteiger partial charge >= 0.3 is 0 Å².